The van der Waals surface area contributed by atoms with Crippen molar-refractivity contribution in [3.8, 4) is 5.75 Å². The molecule has 0 bridgehead atoms. The fraction of sp³-hybridized carbons (Fsp3) is 0.409. The van der Waals surface area contributed by atoms with Crippen LogP contribution < -0.4 is 0 Å². The van der Waals surface area contributed by atoms with Crippen molar-refractivity contribution in [2.24, 2.45) is 0 Å². The molecule has 1 fully saturated rings. The van der Waals surface area contributed by atoms with Gasteiger partial charge in [-0.3, -0.25) is 4.79 Å². The van der Waals surface area contributed by atoms with Crippen LogP contribution in [0, 0.1) is 13.8 Å². The van der Waals surface area contributed by atoms with Crippen LogP contribution in [0.25, 0.3) is 5.65 Å². The molecule has 1 saturated heterocycles. The Labute approximate surface area is 164 Å². The summed E-state index contributed by atoms with van der Waals surface area (Å²) in [5.74, 6) is 0.312. The number of likely N-dealkylation sites (tertiary alicyclic amines) is 1. The number of phenols is 1. The Morgan fingerprint density at radius 3 is 2.79 bits per heavy atom. The van der Waals surface area contributed by atoms with E-state index in [9.17, 15) is 9.90 Å². The van der Waals surface area contributed by atoms with Crippen LogP contribution in [0.5, 0.6) is 5.75 Å². The second-order valence-corrected chi connectivity index (χ2v) is 7.69. The summed E-state index contributed by atoms with van der Waals surface area (Å²) in [4.78, 5) is 19.9. The minimum Gasteiger partial charge on any atom is -0.508 e. The van der Waals surface area contributed by atoms with Crippen LogP contribution in [0.15, 0.2) is 36.5 Å². The monoisotopic (exact) mass is 378 g/mol. The van der Waals surface area contributed by atoms with Gasteiger partial charge >= 0.3 is 0 Å². The molecule has 28 heavy (non-hydrogen) atoms. The highest BCUT2D eigenvalue weighted by Crippen LogP contribution is 2.25. The van der Waals surface area contributed by atoms with Gasteiger partial charge in [-0.05, 0) is 69.7 Å². The molecule has 0 spiro atoms. The zero-order valence-corrected chi connectivity index (χ0v) is 16.4. The first kappa shape index (κ1) is 18.5. The van der Waals surface area contributed by atoms with Crippen LogP contribution in [0.2, 0.25) is 0 Å². The number of fused-ring (bicyclic) bond motifs is 1. The molecule has 3 aromatic rings. The Morgan fingerprint density at radius 2 is 2.00 bits per heavy atom. The normalized spacial score (nSPS) is 17.2. The molecule has 0 saturated carbocycles. The van der Waals surface area contributed by atoms with Gasteiger partial charge < -0.3 is 10.0 Å². The lowest BCUT2D eigenvalue weighted by Crippen LogP contribution is -2.44. The molecule has 4 rings (SSSR count). The van der Waals surface area contributed by atoms with E-state index in [0.717, 1.165) is 50.0 Å². The number of aromatic nitrogens is 3. The Balaban J connectivity index is 1.55. The maximum Gasteiger partial charge on any atom is 0.259 e. The van der Waals surface area contributed by atoms with Gasteiger partial charge in [-0.15, -0.1) is 0 Å². The highest BCUT2D eigenvalue weighted by molar-refractivity contribution is 5.99. The summed E-state index contributed by atoms with van der Waals surface area (Å²) in [6, 6.07) is 9.52. The molecule has 146 valence electrons. The van der Waals surface area contributed by atoms with Gasteiger partial charge in [0, 0.05) is 24.0 Å². The maximum absolute atomic E-state index is 13.4. The second-order valence-electron chi connectivity index (χ2n) is 7.69. The third-order valence-corrected chi connectivity index (χ3v) is 5.60. The number of amides is 1. The molecule has 0 radical (unpaired) electrons. The zero-order chi connectivity index (χ0) is 19.7. The number of nitrogens with zero attached hydrogens (tertiary/aromatic N) is 4. The Kier molecular flexibility index (Phi) is 5.03. The molecule has 1 aromatic carbocycles. The van der Waals surface area contributed by atoms with Crippen LogP contribution in [0.3, 0.4) is 0 Å². The van der Waals surface area contributed by atoms with E-state index < -0.39 is 0 Å². The van der Waals surface area contributed by atoms with E-state index in [4.69, 9.17) is 0 Å². The zero-order valence-electron chi connectivity index (χ0n) is 16.4. The van der Waals surface area contributed by atoms with Gasteiger partial charge in [-0.25, -0.2) is 9.50 Å². The first-order chi connectivity index (χ1) is 13.5. The molecular weight excluding hydrogens is 352 g/mol. The van der Waals surface area contributed by atoms with Crippen LogP contribution in [0.1, 0.15) is 53.0 Å². The van der Waals surface area contributed by atoms with Crippen molar-refractivity contribution in [2.45, 2.75) is 52.0 Å². The van der Waals surface area contributed by atoms with Gasteiger partial charge in [0.05, 0.1) is 6.20 Å². The van der Waals surface area contributed by atoms with Crippen molar-refractivity contribution in [2.75, 3.05) is 6.54 Å². The molecule has 1 aliphatic rings. The van der Waals surface area contributed by atoms with Crippen molar-refractivity contribution in [1.29, 1.82) is 0 Å². The average Bonchev–Trinajstić information content (AvgIpc) is 3.11. The van der Waals surface area contributed by atoms with Gasteiger partial charge in [0.25, 0.3) is 5.91 Å². The van der Waals surface area contributed by atoms with Crippen LogP contribution >= 0.6 is 0 Å². The summed E-state index contributed by atoms with van der Waals surface area (Å²) >= 11 is 0. The number of carbonyl (C=O) groups is 1. The SMILES string of the molecule is Cc1cc(C)n2ncc(C(=O)N3CCCC[C@@H]3CCc3ccc(O)cc3)c2n1. The van der Waals surface area contributed by atoms with E-state index in [-0.39, 0.29) is 17.7 Å². The van der Waals surface area contributed by atoms with Gasteiger partial charge in [0.2, 0.25) is 0 Å². The van der Waals surface area contributed by atoms with Crippen LogP contribution in [-0.4, -0.2) is 43.1 Å². The molecular formula is C22H26N4O2. The fourth-order valence-corrected chi connectivity index (χ4v) is 4.14. The van der Waals surface area contributed by atoms with E-state index >= 15 is 0 Å². The van der Waals surface area contributed by atoms with E-state index in [1.165, 1.54) is 5.56 Å². The number of aromatic hydroxyl groups is 1. The molecule has 0 unspecified atom stereocenters. The summed E-state index contributed by atoms with van der Waals surface area (Å²) in [6.07, 6.45) is 6.67. The van der Waals surface area contributed by atoms with E-state index in [1.807, 2.05) is 36.9 Å². The second kappa shape index (κ2) is 7.62. The standard InChI is InChI=1S/C22H26N4O2/c1-15-13-16(2)26-21(24-15)20(14-23-26)22(28)25-12-4-3-5-18(25)9-6-17-7-10-19(27)11-8-17/h7-8,10-11,13-14,18,27H,3-6,9,12H2,1-2H3/t18-/m1/s1. The highest BCUT2D eigenvalue weighted by Gasteiger charge is 2.29. The Morgan fingerprint density at radius 1 is 1.21 bits per heavy atom. The highest BCUT2D eigenvalue weighted by atomic mass is 16.3. The molecule has 3 heterocycles. The van der Waals surface area contributed by atoms with Crippen molar-refractivity contribution >= 4 is 11.6 Å². The first-order valence-corrected chi connectivity index (χ1v) is 9.94. The summed E-state index contributed by atoms with van der Waals surface area (Å²) < 4.78 is 1.75. The third kappa shape index (κ3) is 3.59. The fourth-order valence-electron chi connectivity index (χ4n) is 4.14. The number of rotatable bonds is 4. The average molecular weight is 378 g/mol. The first-order valence-electron chi connectivity index (χ1n) is 9.94. The summed E-state index contributed by atoms with van der Waals surface area (Å²) in [7, 11) is 0. The van der Waals surface area contributed by atoms with Crippen molar-refractivity contribution in [3.05, 3.63) is 59.0 Å². The molecule has 1 N–H and O–H groups in total. The smallest absolute Gasteiger partial charge is 0.259 e. The Hall–Kier alpha value is -2.89. The number of piperidine rings is 1. The van der Waals surface area contributed by atoms with Gasteiger partial charge in [0.1, 0.15) is 11.3 Å². The Bertz CT molecular complexity index is 994. The summed E-state index contributed by atoms with van der Waals surface area (Å²) in [5.41, 5.74) is 4.28. The van der Waals surface area contributed by atoms with Crippen molar-refractivity contribution in [3.63, 3.8) is 0 Å². The van der Waals surface area contributed by atoms with Gasteiger partial charge in [0.15, 0.2) is 5.65 Å². The summed E-state index contributed by atoms with van der Waals surface area (Å²) in [5, 5.41) is 13.8. The van der Waals surface area contributed by atoms with Gasteiger partial charge in [-0.2, -0.15) is 5.10 Å². The lowest BCUT2D eigenvalue weighted by atomic mass is 9.95. The topological polar surface area (TPSA) is 70.7 Å². The summed E-state index contributed by atoms with van der Waals surface area (Å²) in [6.45, 7) is 4.70. The molecule has 2 aromatic heterocycles. The number of hydrogen-bond acceptors (Lipinski definition) is 4. The molecule has 0 aliphatic carbocycles. The quantitative estimate of drug-likeness (QED) is 0.752. The predicted octanol–water partition coefficient (Wildman–Crippen LogP) is 3.68. The number of phenolic OH excluding ortho intramolecular Hbond substituents is 1. The predicted molar refractivity (Wildman–Crippen MR) is 108 cm³/mol. The minimum atomic E-state index is 0.0305. The molecule has 1 amide bonds. The van der Waals surface area contributed by atoms with Gasteiger partial charge in [-0.1, -0.05) is 12.1 Å². The lowest BCUT2D eigenvalue weighted by molar-refractivity contribution is 0.0603. The van der Waals surface area contributed by atoms with E-state index in [1.54, 1.807) is 22.8 Å². The number of carbonyl (C=O) groups excluding carboxylic acids is 1. The number of aryl methyl sites for hydroxylation is 3. The molecule has 6 heteroatoms. The third-order valence-electron chi connectivity index (χ3n) is 5.60. The largest absolute Gasteiger partial charge is 0.508 e. The molecule has 1 aliphatic heterocycles. The lowest BCUT2D eigenvalue weighted by Gasteiger charge is -2.35. The van der Waals surface area contributed by atoms with Crippen molar-refractivity contribution < 1.29 is 9.90 Å². The number of hydrogen-bond donors (Lipinski definition) is 1. The minimum absolute atomic E-state index is 0.0305. The number of benzene rings is 1. The maximum atomic E-state index is 13.4. The molecule has 1 atom stereocenters. The molecule has 6 nitrogen and oxygen atoms in total. The van der Waals surface area contributed by atoms with Crippen LogP contribution in [0.4, 0.5) is 0 Å². The van der Waals surface area contributed by atoms with E-state index in [0.29, 0.717) is 11.2 Å². The van der Waals surface area contributed by atoms with E-state index in [2.05, 4.69) is 10.1 Å². The van der Waals surface area contributed by atoms with Crippen LogP contribution in [-0.2, 0) is 6.42 Å². The van der Waals surface area contributed by atoms with Crippen molar-refractivity contribution in [1.82, 2.24) is 19.5 Å².